The van der Waals surface area contributed by atoms with Gasteiger partial charge in [0.1, 0.15) is 4.99 Å². The van der Waals surface area contributed by atoms with Gasteiger partial charge in [-0.1, -0.05) is 24.4 Å². The molecule has 84 valence electrons. The van der Waals surface area contributed by atoms with E-state index in [1.54, 1.807) is 0 Å². The molecule has 3 rings (SSSR count). The predicted octanol–water partition coefficient (Wildman–Crippen LogP) is 1.19. The molecule has 0 saturated heterocycles. The second-order valence-electron chi connectivity index (χ2n) is 4.65. The number of thiocarbonyl (C=S) groups is 1. The Morgan fingerprint density at radius 2 is 2.25 bits per heavy atom. The van der Waals surface area contributed by atoms with E-state index < -0.39 is 5.97 Å². The summed E-state index contributed by atoms with van der Waals surface area (Å²) in [5.41, 5.74) is 3.69. The smallest absolute Gasteiger partial charge is 0.307 e. The molecular formula is C11H12N2O2S. The molecule has 1 fully saturated rings. The summed E-state index contributed by atoms with van der Waals surface area (Å²) in [6.45, 7) is 0. The van der Waals surface area contributed by atoms with Crippen LogP contribution in [0.2, 0.25) is 0 Å². The largest absolute Gasteiger partial charge is 0.481 e. The number of allylic oxidation sites excluding steroid dienone is 2. The van der Waals surface area contributed by atoms with E-state index in [1.807, 2.05) is 6.08 Å². The van der Waals surface area contributed by atoms with Crippen LogP contribution in [-0.2, 0) is 4.79 Å². The van der Waals surface area contributed by atoms with Gasteiger partial charge in [-0.15, -0.1) is 0 Å². The van der Waals surface area contributed by atoms with Crippen LogP contribution in [-0.4, -0.2) is 21.8 Å². The molecule has 0 spiro atoms. The lowest BCUT2D eigenvalue weighted by molar-refractivity contribution is -0.143. The van der Waals surface area contributed by atoms with Crippen molar-refractivity contribution in [2.75, 3.05) is 0 Å². The summed E-state index contributed by atoms with van der Waals surface area (Å²) in [5.74, 6) is -0.448. The standard InChI is InChI=1S/C11H12N2O2S/c14-11(15)10-6-2-1-5(3-6)9(10)7-4-8(16)13-12-7/h1-2,5-6,9-10H,3-4H2,(H,13,16)(H,14,15). The Morgan fingerprint density at radius 1 is 1.50 bits per heavy atom. The fourth-order valence-electron chi connectivity index (χ4n) is 3.18. The third-order valence-electron chi connectivity index (χ3n) is 3.80. The zero-order valence-corrected chi connectivity index (χ0v) is 9.41. The van der Waals surface area contributed by atoms with E-state index in [-0.39, 0.29) is 17.8 Å². The molecule has 1 saturated carbocycles. The van der Waals surface area contributed by atoms with Crippen LogP contribution in [0.3, 0.4) is 0 Å². The zero-order valence-electron chi connectivity index (χ0n) is 8.59. The Bertz CT molecular complexity index is 430. The van der Waals surface area contributed by atoms with Crippen molar-refractivity contribution in [3.05, 3.63) is 12.2 Å². The minimum atomic E-state index is -0.706. The first kappa shape index (κ1) is 9.96. The molecule has 0 aromatic heterocycles. The highest BCUT2D eigenvalue weighted by Gasteiger charge is 2.50. The van der Waals surface area contributed by atoms with Gasteiger partial charge in [0.05, 0.1) is 5.92 Å². The number of fused-ring (bicyclic) bond motifs is 2. The molecule has 2 bridgehead atoms. The number of nitrogens with one attached hydrogen (secondary N) is 1. The zero-order chi connectivity index (χ0) is 11.3. The summed E-state index contributed by atoms with van der Waals surface area (Å²) in [7, 11) is 0. The van der Waals surface area contributed by atoms with Crippen molar-refractivity contribution < 1.29 is 9.90 Å². The van der Waals surface area contributed by atoms with E-state index >= 15 is 0 Å². The first-order valence-electron chi connectivity index (χ1n) is 5.43. The van der Waals surface area contributed by atoms with Crippen molar-refractivity contribution in [1.29, 1.82) is 0 Å². The lowest BCUT2D eigenvalue weighted by Crippen LogP contribution is -2.32. The lowest BCUT2D eigenvalue weighted by atomic mass is 9.79. The van der Waals surface area contributed by atoms with Crippen molar-refractivity contribution in [2.24, 2.45) is 28.8 Å². The molecule has 0 radical (unpaired) electrons. The van der Waals surface area contributed by atoms with Gasteiger partial charge in [0.15, 0.2) is 0 Å². The number of hydrogen-bond donors (Lipinski definition) is 2. The maximum Gasteiger partial charge on any atom is 0.307 e. The van der Waals surface area contributed by atoms with E-state index in [4.69, 9.17) is 12.2 Å². The number of carboxylic acids is 1. The molecule has 1 heterocycles. The van der Waals surface area contributed by atoms with Crippen LogP contribution in [0.15, 0.2) is 17.3 Å². The van der Waals surface area contributed by atoms with Crippen molar-refractivity contribution in [3.63, 3.8) is 0 Å². The summed E-state index contributed by atoms with van der Waals surface area (Å²) in [6.07, 6.45) is 5.76. The molecule has 3 aliphatic rings. The van der Waals surface area contributed by atoms with E-state index in [0.29, 0.717) is 17.3 Å². The summed E-state index contributed by atoms with van der Waals surface area (Å²) in [6, 6.07) is 0. The molecule has 2 N–H and O–H groups in total. The Labute approximate surface area is 98.4 Å². The Morgan fingerprint density at radius 3 is 2.88 bits per heavy atom. The minimum Gasteiger partial charge on any atom is -0.481 e. The van der Waals surface area contributed by atoms with Gasteiger partial charge < -0.3 is 5.11 Å². The van der Waals surface area contributed by atoms with Gasteiger partial charge >= 0.3 is 5.97 Å². The van der Waals surface area contributed by atoms with Gasteiger partial charge in [0, 0.05) is 18.1 Å². The van der Waals surface area contributed by atoms with Gasteiger partial charge in [-0.3, -0.25) is 10.2 Å². The fraction of sp³-hybridized carbons (Fsp3) is 0.545. The second kappa shape index (κ2) is 3.38. The molecule has 2 aliphatic carbocycles. The van der Waals surface area contributed by atoms with Crippen molar-refractivity contribution in [2.45, 2.75) is 12.8 Å². The molecule has 4 unspecified atom stereocenters. The van der Waals surface area contributed by atoms with E-state index in [1.165, 1.54) is 0 Å². The van der Waals surface area contributed by atoms with Crippen LogP contribution in [0.1, 0.15) is 12.8 Å². The van der Waals surface area contributed by atoms with Gasteiger partial charge in [-0.05, 0) is 18.3 Å². The van der Waals surface area contributed by atoms with Crippen molar-refractivity contribution in [1.82, 2.24) is 5.43 Å². The summed E-state index contributed by atoms with van der Waals surface area (Å²) in [4.78, 5) is 12.0. The summed E-state index contributed by atoms with van der Waals surface area (Å²) < 4.78 is 0. The van der Waals surface area contributed by atoms with Crippen LogP contribution in [0.5, 0.6) is 0 Å². The van der Waals surface area contributed by atoms with Crippen LogP contribution in [0, 0.1) is 23.7 Å². The van der Waals surface area contributed by atoms with E-state index in [9.17, 15) is 9.90 Å². The second-order valence-corrected chi connectivity index (χ2v) is 5.15. The van der Waals surface area contributed by atoms with Crippen molar-refractivity contribution in [3.8, 4) is 0 Å². The number of carboxylic acid groups (broad SMARTS) is 1. The molecule has 5 heteroatoms. The molecular weight excluding hydrogens is 224 g/mol. The molecule has 0 amide bonds. The molecule has 4 nitrogen and oxygen atoms in total. The summed E-state index contributed by atoms with van der Waals surface area (Å²) >= 11 is 5.03. The highest BCUT2D eigenvalue weighted by Crippen LogP contribution is 2.49. The van der Waals surface area contributed by atoms with Gasteiger partial charge in [-0.2, -0.15) is 5.10 Å². The first-order valence-corrected chi connectivity index (χ1v) is 5.84. The van der Waals surface area contributed by atoms with Crippen LogP contribution >= 0.6 is 12.2 Å². The van der Waals surface area contributed by atoms with Crippen LogP contribution < -0.4 is 5.43 Å². The number of rotatable bonds is 2. The molecule has 0 aromatic rings. The highest BCUT2D eigenvalue weighted by atomic mass is 32.1. The number of carbonyl (C=O) groups is 1. The summed E-state index contributed by atoms with van der Waals surface area (Å²) in [5, 5.41) is 13.5. The molecule has 0 aromatic carbocycles. The van der Waals surface area contributed by atoms with Gasteiger partial charge in [0.25, 0.3) is 0 Å². The highest BCUT2D eigenvalue weighted by molar-refractivity contribution is 7.80. The predicted molar refractivity (Wildman–Crippen MR) is 63.1 cm³/mol. The Kier molecular flexibility index (Phi) is 2.10. The SMILES string of the molecule is O=C(O)C1C2C=CC(C2)C1C1=NNC(=S)C1. The van der Waals surface area contributed by atoms with Gasteiger partial charge in [0.2, 0.25) is 0 Å². The monoisotopic (exact) mass is 236 g/mol. The quantitative estimate of drug-likeness (QED) is 0.558. The maximum atomic E-state index is 11.3. The average molecular weight is 236 g/mol. The lowest BCUT2D eigenvalue weighted by Gasteiger charge is -2.24. The van der Waals surface area contributed by atoms with Crippen molar-refractivity contribution >= 4 is 28.9 Å². The minimum absolute atomic E-state index is 0.0421. The Hall–Kier alpha value is -1.23. The van der Waals surface area contributed by atoms with Crippen LogP contribution in [0.25, 0.3) is 0 Å². The van der Waals surface area contributed by atoms with Crippen LogP contribution in [0.4, 0.5) is 0 Å². The third-order valence-corrected chi connectivity index (χ3v) is 4.03. The molecule has 16 heavy (non-hydrogen) atoms. The average Bonchev–Trinajstić information content (AvgIpc) is 2.89. The van der Waals surface area contributed by atoms with E-state index in [0.717, 1.165) is 12.1 Å². The topological polar surface area (TPSA) is 61.7 Å². The maximum absolute atomic E-state index is 11.3. The number of nitrogens with zero attached hydrogens (tertiary/aromatic N) is 1. The number of hydrazone groups is 1. The van der Waals surface area contributed by atoms with E-state index in [2.05, 4.69) is 16.6 Å². The van der Waals surface area contributed by atoms with Gasteiger partial charge in [-0.25, -0.2) is 0 Å². The number of hydrogen-bond acceptors (Lipinski definition) is 3. The Balaban J connectivity index is 1.91. The molecule has 4 atom stereocenters. The normalized spacial score (nSPS) is 40.0. The third kappa shape index (κ3) is 1.31. The first-order chi connectivity index (χ1) is 7.66. The fourth-order valence-corrected chi connectivity index (χ4v) is 3.38. The number of aliphatic carboxylic acids is 1. The molecule has 1 aliphatic heterocycles.